The molecule has 0 fully saturated rings. The molecular weight excluding hydrogens is 472 g/mol. The number of ether oxygens (including phenoxy) is 2. The molecule has 3 aromatic carbocycles. The van der Waals surface area contributed by atoms with E-state index in [-0.39, 0.29) is 18.5 Å². The summed E-state index contributed by atoms with van der Waals surface area (Å²) in [5.41, 5.74) is 2.88. The van der Waals surface area contributed by atoms with Crippen molar-refractivity contribution in [3.05, 3.63) is 83.4 Å². The first-order valence-corrected chi connectivity index (χ1v) is 12.1. The zero-order valence-corrected chi connectivity index (χ0v) is 19.7. The summed E-state index contributed by atoms with van der Waals surface area (Å²) in [6.07, 6.45) is 0.738. The number of hydrogen-bond acceptors (Lipinski definition) is 6. The van der Waals surface area contributed by atoms with Gasteiger partial charge in [0.25, 0.3) is 0 Å². The molecule has 4 aromatic rings. The van der Waals surface area contributed by atoms with Crippen molar-refractivity contribution >= 4 is 29.3 Å². The molecule has 5 rings (SSSR count). The number of carbonyl (C=O) groups excluding carboxylic acids is 1. The van der Waals surface area contributed by atoms with Gasteiger partial charge < -0.3 is 14.8 Å². The highest BCUT2D eigenvalue weighted by Crippen LogP contribution is 2.37. The first kappa shape index (κ1) is 22.3. The largest absolute Gasteiger partial charge is 0.454 e. The summed E-state index contributed by atoms with van der Waals surface area (Å²) in [7, 11) is 0. The molecule has 0 atom stereocenters. The summed E-state index contributed by atoms with van der Waals surface area (Å²) in [5, 5.41) is 13.1. The van der Waals surface area contributed by atoms with Crippen molar-refractivity contribution < 1.29 is 14.3 Å². The minimum absolute atomic E-state index is 0.0637. The second-order valence-corrected chi connectivity index (χ2v) is 8.94. The van der Waals surface area contributed by atoms with Gasteiger partial charge in [0.05, 0.1) is 5.75 Å². The molecule has 172 valence electrons. The van der Waals surface area contributed by atoms with Crippen LogP contribution in [0.4, 0.5) is 0 Å². The monoisotopic (exact) mass is 492 g/mol. The number of nitrogens with zero attached hydrogens (tertiary/aromatic N) is 3. The maximum atomic E-state index is 12.5. The lowest BCUT2D eigenvalue weighted by atomic mass is 10.1. The fourth-order valence-electron chi connectivity index (χ4n) is 3.57. The molecule has 0 saturated carbocycles. The van der Waals surface area contributed by atoms with Gasteiger partial charge in [-0.15, -0.1) is 10.2 Å². The minimum Gasteiger partial charge on any atom is -0.454 e. The molecule has 1 N–H and O–H groups in total. The number of amides is 1. The van der Waals surface area contributed by atoms with Gasteiger partial charge in [-0.05, 0) is 54.4 Å². The molecule has 0 bridgehead atoms. The second kappa shape index (κ2) is 10.2. The predicted octanol–water partition coefficient (Wildman–Crippen LogP) is 4.77. The van der Waals surface area contributed by atoms with Crippen molar-refractivity contribution in [2.24, 2.45) is 0 Å². The van der Waals surface area contributed by atoms with E-state index in [9.17, 15) is 4.79 Å². The molecule has 1 aliphatic heterocycles. The number of nitrogens with one attached hydrogen (secondary N) is 1. The molecule has 2 heterocycles. The number of aromatic nitrogens is 3. The first-order valence-electron chi connectivity index (χ1n) is 10.7. The fourth-order valence-corrected chi connectivity index (χ4v) is 4.48. The van der Waals surface area contributed by atoms with Crippen molar-refractivity contribution in [1.29, 1.82) is 0 Å². The third-order valence-corrected chi connectivity index (χ3v) is 6.44. The third-order valence-electron chi connectivity index (χ3n) is 5.26. The number of benzene rings is 3. The van der Waals surface area contributed by atoms with E-state index in [0.29, 0.717) is 34.0 Å². The summed E-state index contributed by atoms with van der Waals surface area (Å²) in [5.74, 6) is 2.21. The van der Waals surface area contributed by atoms with Crippen LogP contribution in [0, 0.1) is 0 Å². The highest BCUT2D eigenvalue weighted by molar-refractivity contribution is 7.99. The molecule has 0 aliphatic carbocycles. The zero-order valence-electron chi connectivity index (χ0n) is 18.1. The average Bonchev–Trinajstić information content (AvgIpc) is 3.51. The number of carbonyl (C=O) groups is 1. The van der Waals surface area contributed by atoms with Crippen molar-refractivity contribution in [3.63, 3.8) is 0 Å². The standard InChI is InChI=1S/C25H21ClN4O3S/c26-19-9-6-17(7-10-19)12-13-27-23(31)15-34-25-29-28-24(30(25)20-4-2-1-3-5-20)18-8-11-21-22(14-18)33-16-32-21/h1-11,14H,12-13,15-16H2,(H,27,31). The molecule has 1 aliphatic rings. The van der Waals surface area contributed by atoms with E-state index in [2.05, 4.69) is 15.5 Å². The lowest BCUT2D eigenvalue weighted by Gasteiger charge is -2.11. The van der Waals surface area contributed by atoms with Gasteiger partial charge in [0.1, 0.15) is 0 Å². The molecule has 0 unspecified atom stereocenters. The maximum Gasteiger partial charge on any atom is 0.231 e. The molecule has 0 spiro atoms. The Bertz CT molecular complexity index is 1300. The lowest BCUT2D eigenvalue weighted by Crippen LogP contribution is -2.27. The van der Waals surface area contributed by atoms with Gasteiger partial charge in [-0.25, -0.2) is 0 Å². The fraction of sp³-hybridized carbons (Fsp3) is 0.160. The van der Waals surface area contributed by atoms with Gasteiger partial charge in [0, 0.05) is 22.8 Å². The molecule has 0 saturated heterocycles. The number of fused-ring (bicyclic) bond motifs is 1. The number of para-hydroxylation sites is 1. The molecule has 7 nitrogen and oxygen atoms in total. The van der Waals surface area contributed by atoms with E-state index >= 15 is 0 Å². The van der Waals surface area contributed by atoms with Gasteiger partial charge in [-0.1, -0.05) is 53.7 Å². The highest BCUT2D eigenvalue weighted by Gasteiger charge is 2.20. The van der Waals surface area contributed by atoms with E-state index < -0.39 is 0 Å². The van der Waals surface area contributed by atoms with Crippen LogP contribution >= 0.6 is 23.4 Å². The molecule has 34 heavy (non-hydrogen) atoms. The van der Waals surface area contributed by atoms with Gasteiger partial charge >= 0.3 is 0 Å². The van der Waals surface area contributed by atoms with Crippen LogP contribution in [0.1, 0.15) is 5.56 Å². The van der Waals surface area contributed by atoms with Crippen LogP contribution in [0.3, 0.4) is 0 Å². The van der Waals surface area contributed by atoms with Gasteiger partial charge in [0.15, 0.2) is 22.5 Å². The number of thioether (sulfide) groups is 1. The minimum atomic E-state index is -0.0637. The van der Waals surface area contributed by atoms with Crippen LogP contribution in [0.5, 0.6) is 11.5 Å². The number of rotatable bonds is 8. The maximum absolute atomic E-state index is 12.5. The Morgan fingerprint density at radius 3 is 2.62 bits per heavy atom. The van der Waals surface area contributed by atoms with Crippen molar-refractivity contribution in [1.82, 2.24) is 20.1 Å². The van der Waals surface area contributed by atoms with Crippen LogP contribution in [0.2, 0.25) is 5.02 Å². The Morgan fingerprint density at radius 2 is 1.79 bits per heavy atom. The normalized spacial score (nSPS) is 12.0. The first-order chi connectivity index (χ1) is 16.7. The Hall–Kier alpha value is -3.49. The predicted molar refractivity (Wildman–Crippen MR) is 132 cm³/mol. The summed E-state index contributed by atoms with van der Waals surface area (Å²) >= 11 is 7.26. The Kier molecular flexibility index (Phi) is 6.69. The Labute approximate surface area is 206 Å². The average molecular weight is 493 g/mol. The lowest BCUT2D eigenvalue weighted by molar-refractivity contribution is -0.118. The molecule has 1 amide bonds. The highest BCUT2D eigenvalue weighted by atomic mass is 35.5. The van der Waals surface area contributed by atoms with Crippen LogP contribution in [0.25, 0.3) is 17.1 Å². The summed E-state index contributed by atoms with van der Waals surface area (Å²) < 4.78 is 12.9. The summed E-state index contributed by atoms with van der Waals surface area (Å²) in [6, 6.07) is 23.1. The number of hydrogen-bond donors (Lipinski definition) is 1. The van der Waals surface area contributed by atoms with Crippen LogP contribution in [0.15, 0.2) is 78.0 Å². The van der Waals surface area contributed by atoms with Gasteiger partial charge in [-0.2, -0.15) is 0 Å². The van der Waals surface area contributed by atoms with Crippen LogP contribution < -0.4 is 14.8 Å². The van der Waals surface area contributed by atoms with E-state index in [1.807, 2.05) is 77.4 Å². The zero-order chi connectivity index (χ0) is 23.3. The van der Waals surface area contributed by atoms with E-state index in [4.69, 9.17) is 21.1 Å². The van der Waals surface area contributed by atoms with Crippen LogP contribution in [-0.2, 0) is 11.2 Å². The Balaban J connectivity index is 1.30. The summed E-state index contributed by atoms with van der Waals surface area (Å²) in [4.78, 5) is 12.5. The smallest absolute Gasteiger partial charge is 0.231 e. The Morgan fingerprint density at radius 1 is 1.00 bits per heavy atom. The topological polar surface area (TPSA) is 78.3 Å². The SMILES string of the molecule is O=C(CSc1nnc(-c2ccc3c(c2)OCO3)n1-c1ccccc1)NCCc1ccc(Cl)cc1. The van der Waals surface area contributed by atoms with E-state index in [1.165, 1.54) is 11.8 Å². The van der Waals surface area contributed by atoms with E-state index in [0.717, 1.165) is 23.2 Å². The van der Waals surface area contributed by atoms with Crippen LogP contribution in [-0.4, -0.2) is 39.8 Å². The molecule has 9 heteroatoms. The molecular formula is C25H21ClN4O3S. The van der Waals surface area contributed by atoms with Gasteiger partial charge in [0.2, 0.25) is 12.7 Å². The van der Waals surface area contributed by atoms with Crippen molar-refractivity contribution in [3.8, 4) is 28.6 Å². The second-order valence-electron chi connectivity index (χ2n) is 7.56. The van der Waals surface area contributed by atoms with Gasteiger partial charge in [-0.3, -0.25) is 9.36 Å². The summed E-state index contributed by atoms with van der Waals surface area (Å²) in [6.45, 7) is 0.757. The van der Waals surface area contributed by atoms with Crippen molar-refractivity contribution in [2.75, 3.05) is 19.1 Å². The quantitative estimate of drug-likeness (QED) is 0.357. The molecule has 1 aromatic heterocycles. The third kappa shape index (κ3) is 5.03. The number of halogens is 1. The molecule has 0 radical (unpaired) electrons. The van der Waals surface area contributed by atoms with E-state index in [1.54, 1.807) is 0 Å². The van der Waals surface area contributed by atoms with Crippen molar-refractivity contribution in [2.45, 2.75) is 11.6 Å².